The number of halogens is 6. The Morgan fingerprint density at radius 3 is 2.17 bits per heavy atom. The lowest BCUT2D eigenvalue weighted by Crippen LogP contribution is -2.44. The first kappa shape index (κ1) is 14.6. The summed E-state index contributed by atoms with van der Waals surface area (Å²) in [6, 6.07) is 2.34. The van der Waals surface area contributed by atoms with Crippen molar-refractivity contribution in [2.24, 2.45) is 0 Å². The zero-order valence-corrected chi connectivity index (χ0v) is 8.72. The molecule has 1 rings (SSSR count). The van der Waals surface area contributed by atoms with Crippen LogP contribution in [0.1, 0.15) is 5.56 Å². The molecule has 1 heterocycles. The molecule has 0 aliphatic carbocycles. The molecule has 0 bridgehead atoms. The van der Waals surface area contributed by atoms with Gasteiger partial charge in [-0.2, -0.15) is 26.3 Å². The molecule has 1 aromatic heterocycles. The highest BCUT2D eigenvalue weighted by Gasteiger charge is 2.57. The van der Waals surface area contributed by atoms with Gasteiger partial charge in [-0.15, -0.1) is 0 Å². The van der Waals surface area contributed by atoms with E-state index in [9.17, 15) is 26.3 Å². The highest BCUT2D eigenvalue weighted by Crippen LogP contribution is 2.36. The van der Waals surface area contributed by atoms with Crippen molar-refractivity contribution in [3.8, 4) is 0 Å². The summed E-state index contributed by atoms with van der Waals surface area (Å²) in [6.45, 7) is -0.865. The molecule has 0 fully saturated rings. The topological polar surface area (TPSA) is 48.1 Å². The molecular weight excluding hydrogens is 266 g/mol. The molecular formula is C9H8F6N2O. The third kappa shape index (κ3) is 4.06. The van der Waals surface area contributed by atoms with Crippen LogP contribution in [0.25, 0.3) is 0 Å². The van der Waals surface area contributed by atoms with Crippen LogP contribution in [-0.2, 0) is 11.3 Å². The molecule has 0 spiro atoms. The van der Waals surface area contributed by atoms with Gasteiger partial charge in [0.25, 0.3) is 0 Å². The third-order valence-electron chi connectivity index (χ3n) is 1.86. The van der Waals surface area contributed by atoms with E-state index in [-0.39, 0.29) is 11.4 Å². The highest BCUT2D eigenvalue weighted by atomic mass is 19.4. The maximum Gasteiger partial charge on any atom is 0.423 e. The summed E-state index contributed by atoms with van der Waals surface area (Å²) in [4.78, 5) is 3.54. The number of nitrogen functional groups attached to an aromatic ring is 1. The standard InChI is InChI=1S/C9H8F6N2O/c10-8(11,12)7(9(13,14)15)18-4-5-1-2-17-6(16)3-5/h1-3,7H,4H2,(H2,16,17). The van der Waals surface area contributed by atoms with Crippen LogP contribution in [0.15, 0.2) is 18.3 Å². The Morgan fingerprint density at radius 1 is 1.17 bits per heavy atom. The van der Waals surface area contributed by atoms with Gasteiger partial charge in [-0.05, 0) is 17.7 Å². The number of hydrogen-bond donors (Lipinski definition) is 1. The van der Waals surface area contributed by atoms with Crippen molar-refractivity contribution >= 4 is 5.82 Å². The number of rotatable bonds is 3. The number of hydrogen-bond acceptors (Lipinski definition) is 3. The minimum atomic E-state index is -5.52. The molecule has 0 saturated carbocycles. The van der Waals surface area contributed by atoms with Crippen LogP contribution in [0.4, 0.5) is 32.2 Å². The molecule has 0 unspecified atom stereocenters. The molecule has 2 N–H and O–H groups in total. The Bertz CT molecular complexity index is 389. The summed E-state index contributed by atoms with van der Waals surface area (Å²) < 4.78 is 76.6. The van der Waals surface area contributed by atoms with Gasteiger partial charge in [0.15, 0.2) is 0 Å². The first-order valence-electron chi connectivity index (χ1n) is 4.56. The minimum absolute atomic E-state index is 0.0216. The second-order valence-electron chi connectivity index (χ2n) is 3.36. The van der Waals surface area contributed by atoms with E-state index < -0.39 is 25.1 Å². The number of pyridine rings is 1. The fourth-order valence-electron chi connectivity index (χ4n) is 1.14. The van der Waals surface area contributed by atoms with Crippen LogP contribution in [0.2, 0.25) is 0 Å². The van der Waals surface area contributed by atoms with Crippen LogP contribution in [-0.4, -0.2) is 23.4 Å². The molecule has 102 valence electrons. The lowest BCUT2D eigenvalue weighted by molar-refractivity contribution is -0.324. The van der Waals surface area contributed by atoms with Crippen molar-refractivity contribution in [1.29, 1.82) is 0 Å². The molecule has 0 radical (unpaired) electrons. The van der Waals surface area contributed by atoms with Crippen LogP contribution < -0.4 is 5.73 Å². The van der Waals surface area contributed by atoms with Crippen LogP contribution >= 0.6 is 0 Å². The highest BCUT2D eigenvalue weighted by molar-refractivity contribution is 5.31. The predicted molar refractivity (Wildman–Crippen MR) is 49.3 cm³/mol. The Kier molecular flexibility index (Phi) is 4.05. The van der Waals surface area contributed by atoms with Gasteiger partial charge in [0.05, 0.1) is 6.61 Å². The third-order valence-corrected chi connectivity index (χ3v) is 1.86. The van der Waals surface area contributed by atoms with E-state index in [1.165, 1.54) is 6.07 Å². The van der Waals surface area contributed by atoms with Crippen molar-refractivity contribution < 1.29 is 31.1 Å². The van der Waals surface area contributed by atoms with Crippen molar-refractivity contribution in [1.82, 2.24) is 4.98 Å². The van der Waals surface area contributed by atoms with Crippen LogP contribution in [0.3, 0.4) is 0 Å². The largest absolute Gasteiger partial charge is 0.423 e. The zero-order chi connectivity index (χ0) is 14.0. The van der Waals surface area contributed by atoms with Crippen molar-refractivity contribution in [2.75, 3.05) is 5.73 Å². The molecule has 0 aliphatic rings. The van der Waals surface area contributed by atoms with E-state index >= 15 is 0 Å². The van der Waals surface area contributed by atoms with E-state index in [0.29, 0.717) is 0 Å². The molecule has 0 atom stereocenters. The second-order valence-corrected chi connectivity index (χ2v) is 3.36. The molecule has 0 saturated heterocycles. The Hall–Kier alpha value is -1.51. The summed E-state index contributed by atoms with van der Waals surface area (Å²) in [7, 11) is 0. The molecule has 18 heavy (non-hydrogen) atoms. The lowest BCUT2D eigenvalue weighted by atomic mass is 10.2. The lowest BCUT2D eigenvalue weighted by Gasteiger charge is -2.23. The van der Waals surface area contributed by atoms with E-state index in [2.05, 4.69) is 9.72 Å². The maximum absolute atomic E-state index is 12.1. The number of anilines is 1. The number of ether oxygens (including phenoxy) is 1. The van der Waals surface area contributed by atoms with Crippen LogP contribution in [0, 0.1) is 0 Å². The maximum atomic E-state index is 12.1. The first-order valence-corrected chi connectivity index (χ1v) is 4.56. The molecule has 9 heteroatoms. The van der Waals surface area contributed by atoms with E-state index in [4.69, 9.17) is 5.73 Å². The van der Waals surface area contributed by atoms with E-state index in [1.54, 1.807) is 0 Å². The van der Waals surface area contributed by atoms with Gasteiger partial charge in [0.1, 0.15) is 5.82 Å². The van der Waals surface area contributed by atoms with Gasteiger partial charge in [-0.1, -0.05) is 0 Å². The Balaban J connectivity index is 2.75. The summed E-state index contributed by atoms with van der Waals surface area (Å²) in [6.07, 6.45) is -13.7. The van der Waals surface area contributed by atoms with Gasteiger partial charge in [0.2, 0.25) is 6.10 Å². The van der Waals surface area contributed by atoms with Crippen LogP contribution in [0.5, 0.6) is 0 Å². The fourth-order valence-corrected chi connectivity index (χ4v) is 1.14. The number of aromatic nitrogens is 1. The SMILES string of the molecule is Nc1cc(COC(C(F)(F)F)C(F)(F)F)ccn1. The van der Waals surface area contributed by atoms with E-state index in [0.717, 1.165) is 12.3 Å². The molecule has 0 amide bonds. The number of nitrogens with zero attached hydrogens (tertiary/aromatic N) is 1. The van der Waals surface area contributed by atoms with Gasteiger partial charge in [-0.25, -0.2) is 4.98 Å². The van der Waals surface area contributed by atoms with Crippen molar-refractivity contribution in [2.45, 2.75) is 25.1 Å². The summed E-state index contributed by atoms with van der Waals surface area (Å²) in [5.74, 6) is -0.0216. The second kappa shape index (κ2) is 5.01. The van der Waals surface area contributed by atoms with Crippen molar-refractivity contribution in [3.63, 3.8) is 0 Å². The molecule has 0 aliphatic heterocycles. The fraction of sp³-hybridized carbons (Fsp3) is 0.444. The van der Waals surface area contributed by atoms with Crippen molar-refractivity contribution in [3.05, 3.63) is 23.9 Å². The van der Waals surface area contributed by atoms with Gasteiger partial charge in [-0.3, -0.25) is 0 Å². The average Bonchev–Trinajstić information content (AvgIpc) is 2.13. The summed E-state index contributed by atoms with van der Waals surface area (Å²) >= 11 is 0. The zero-order valence-electron chi connectivity index (χ0n) is 8.72. The van der Waals surface area contributed by atoms with E-state index in [1.807, 2.05) is 0 Å². The normalized spacial score (nSPS) is 13.1. The Labute approximate surface area is 97.6 Å². The molecule has 0 aromatic carbocycles. The number of nitrogens with two attached hydrogens (primary N) is 1. The molecule has 1 aromatic rings. The quantitative estimate of drug-likeness (QED) is 0.862. The predicted octanol–water partition coefficient (Wildman–Crippen LogP) is 2.67. The first-order chi connectivity index (χ1) is 8.10. The summed E-state index contributed by atoms with van der Waals surface area (Å²) in [5, 5.41) is 0. The van der Waals surface area contributed by atoms with Gasteiger partial charge in [0, 0.05) is 6.20 Å². The molecule has 3 nitrogen and oxygen atoms in total. The minimum Gasteiger partial charge on any atom is -0.384 e. The van der Waals surface area contributed by atoms with Gasteiger partial charge >= 0.3 is 12.4 Å². The monoisotopic (exact) mass is 274 g/mol. The average molecular weight is 274 g/mol. The number of alkyl halides is 6. The smallest absolute Gasteiger partial charge is 0.384 e. The summed E-state index contributed by atoms with van der Waals surface area (Å²) in [5.41, 5.74) is 5.30. The Morgan fingerprint density at radius 2 is 1.72 bits per heavy atom. The van der Waals surface area contributed by atoms with Gasteiger partial charge < -0.3 is 10.5 Å².